The lowest BCUT2D eigenvalue weighted by molar-refractivity contribution is 0.308. The molecular formula is C8H20N4. The molecule has 0 aromatic rings. The summed E-state index contributed by atoms with van der Waals surface area (Å²) in [6.45, 7) is 8.36. The molecule has 3 N–H and O–H groups in total. The molecule has 0 aliphatic heterocycles. The maximum absolute atomic E-state index is 5.46. The number of nitrogens with zero attached hydrogens (tertiary/aromatic N) is 2. The second-order valence-corrected chi connectivity index (χ2v) is 2.56. The van der Waals surface area contributed by atoms with Gasteiger partial charge in [-0.25, -0.2) is 0 Å². The van der Waals surface area contributed by atoms with Crippen molar-refractivity contribution in [3.8, 4) is 0 Å². The van der Waals surface area contributed by atoms with E-state index in [0.29, 0.717) is 5.96 Å². The minimum absolute atomic E-state index is 0.516. The molecule has 0 aliphatic rings. The van der Waals surface area contributed by atoms with Gasteiger partial charge in [0.05, 0.1) is 0 Å². The van der Waals surface area contributed by atoms with E-state index < -0.39 is 0 Å². The molecule has 0 fully saturated rings. The molecule has 0 saturated carbocycles. The molecule has 0 unspecified atom stereocenters. The van der Waals surface area contributed by atoms with Gasteiger partial charge in [0.1, 0.15) is 0 Å². The van der Waals surface area contributed by atoms with Gasteiger partial charge < -0.3 is 16.0 Å². The number of nitrogens with one attached hydrogen (secondary N) is 1. The molecule has 0 aliphatic carbocycles. The molecule has 0 atom stereocenters. The quantitative estimate of drug-likeness (QED) is 0.448. The fourth-order valence-corrected chi connectivity index (χ4v) is 0.961. The molecule has 0 aromatic heterocycles. The van der Waals surface area contributed by atoms with Gasteiger partial charge >= 0.3 is 0 Å². The second-order valence-electron chi connectivity index (χ2n) is 2.56. The van der Waals surface area contributed by atoms with E-state index in [1.165, 1.54) is 0 Å². The van der Waals surface area contributed by atoms with Gasteiger partial charge in [0.2, 0.25) is 0 Å². The van der Waals surface area contributed by atoms with Crippen LogP contribution in [0.25, 0.3) is 0 Å². The SMILES string of the molecule is CCN(CC)CCNC(N)=NC. The fourth-order valence-electron chi connectivity index (χ4n) is 0.961. The topological polar surface area (TPSA) is 53.6 Å². The van der Waals surface area contributed by atoms with Gasteiger partial charge in [0, 0.05) is 20.1 Å². The average molecular weight is 172 g/mol. The van der Waals surface area contributed by atoms with E-state index in [4.69, 9.17) is 5.73 Å². The average Bonchev–Trinajstić information content (AvgIpc) is 2.12. The molecule has 0 amide bonds. The Hall–Kier alpha value is -0.770. The van der Waals surface area contributed by atoms with Gasteiger partial charge in [-0.05, 0) is 13.1 Å². The van der Waals surface area contributed by atoms with Crippen LogP contribution in [0.3, 0.4) is 0 Å². The van der Waals surface area contributed by atoms with E-state index in [1.54, 1.807) is 7.05 Å². The molecule has 0 radical (unpaired) electrons. The summed E-state index contributed by atoms with van der Waals surface area (Å²) in [6.07, 6.45) is 0. The van der Waals surface area contributed by atoms with E-state index in [1.807, 2.05) is 0 Å². The van der Waals surface area contributed by atoms with E-state index >= 15 is 0 Å². The van der Waals surface area contributed by atoms with Crippen LogP contribution >= 0.6 is 0 Å². The van der Waals surface area contributed by atoms with Crippen LogP contribution in [0.2, 0.25) is 0 Å². The molecule has 72 valence electrons. The molecule has 12 heavy (non-hydrogen) atoms. The minimum Gasteiger partial charge on any atom is -0.370 e. The molecule has 0 spiro atoms. The number of hydrogen-bond donors (Lipinski definition) is 2. The predicted molar refractivity (Wildman–Crippen MR) is 53.3 cm³/mol. The summed E-state index contributed by atoms with van der Waals surface area (Å²) in [5, 5.41) is 3.02. The lowest BCUT2D eigenvalue weighted by Gasteiger charge is -2.17. The maximum Gasteiger partial charge on any atom is 0.188 e. The molecule has 0 rings (SSSR count). The molecule has 0 heterocycles. The fraction of sp³-hybridized carbons (Fsp3) is 0.875. The zero-order chi connectivity index (χ0) is 9.40. The molecule has 4 heteroatoms. The van der Waals surface area contributed by atoms with Gasteiger partial charge in [0.15, 0.2) is 5.96 Å². The molecule has 4 nitrogen and oxygen atoms in total. The molecule has 0 bridgehead atoms. The predicted octanol–water partition coefficient (Wildman–Crippen LogP) is -0.138. The van der Waals surface area contributed by atoms with Crippen molar-refractivity contribution in [2.45, 2.75) is 13.8 Å². The van der Waals surface area contributed by atoms with E-state index in [-0.39, 0.29) is 0 Å². The van der Waals surface area contributed by atoms with Crippen molar-refractivity contribution in [3.63, 3.8) is 0 Å². The molecule has 0 aromatic carbocycles. The van der Waals surface area contributed by atoms with Crippen molar-refractivity contribution >= 4 is 5.96 Å². The van der Waals surface area contributed by atoms with Gasteiger partial charge in [-0.15, -0.1) is 0 Å². The first kappa shape index (κ1) is 11.2. The maximum atomic E-state index is 5.46. The number of hydrogen-bond acceptors (Lipinski definition) is 2. The number of likely N-dealkylation sites (N-methyl/N-ethyl adjacent to an activating group) is 1. The largest absolute Gasteiger partial charge is 0.370 e. The smallest absolute Gasteiger partial charge is 0.188 e. The standard InChI is InChI=1S/C8H20N4/c1-4-12(5-2)7-6-11-8(9)10-3/h4-7H2,1-3H3,(H3,9,10,11). The highest BCUT2D eigenvalue weighted by Gasteiger charge is 1.97. The van der Waals surface area contributed by atoms with Crippen LogP contribution in [0, 0.1) is 0 Å². The summed E-state index contributed by atoms with van der Waals surface area (Å²) in [4.78, 5) is 6.13. The summed E-state index contributed by atoms with van der Waals surface area (Å²) in [6, 6.07) is 0. The normalized spacial score (nSPS) is 12.2. The summed E-state index contributed by atoms with van der Waals surface area (Å²) in [7, 11) is 1.68. The summed E-state index contributed by atoms with van der Waals surface area (Å²) in [5.41, 5.74) is 5.46. The Bertz CT molecular complexity index is 129. The molecular weight excluding hydrogens is 152 g/mol. The van der Waals surface area contributed by atoms with Crippen molar-refractivity contribution < 1.29 is 0 Å². The summed E-state index contributed by atoms with van der Waals surface area (Å²) < 4.78 is 0. The Morgan fingerprint density at radius 2 is 2.00 bits per heavy atom. The van der Waals surface area contributed by atoms with Crippen LogP contribution < -0.4 is 11.1 Å². The van der Waals surface area contributed by atoms with Crippen LogP contribution in [0.15, 0.2) is 4.99 Å². The Kier molecular flexibility index (Phi) is 6.47. The van der Waals surface area contributed by atoms with E-state index in [2.05, 4.69) is 29.1 Å². The zero-order valence-electron chi connectivity index (χ0n) is 8.30. The number of nitrogens with two attached hydrogens (primary N) is 1. The van der Waals surface area contributed by atoms with Crippen LogP contribution in [0.4, 0.5) is 0 Å². The molecule has 0 saturated heterocycles. The van der Waals surface area contributed by atoms with Crippen molar-refractivity contribution in [2.24, 2.45) is 10.7 Å². The van der Waals surface area contributed by atoms with Crippen molar-refractivity contribution in [1.82, 2.24) is 10.2 Å². The van der Waals surface area contributed by atoms with Crippen LogP contribution in [0.1, 0.15) is 13.8 Å². The number of aliphatic imine (C=N–C) groups is 1. The van der Waals surface area contributed by atoms with Gasteiger partial charge in [-0.3, -0.25) is 4.99 Å². The zero-order valence-corrected chi connectivity index (χ0v) is 8.30. The van der Waals surface area contributed by atoms with Crippen LogP contribution in [-0.2, 0) is 0 Å². The van der Waals surface area contributed by atoms with Crippen molar-refractivity contribution in [1.29, 1.82) is 0 Å². The third-order valence-electron chi connectivity index (χ3n) is 1.87. The Balaban J connectivity index is 3.41. The first-order chi connectivity index (χ1) is 5.74. The van der Waals surface area contributed by atoms with E-state index in [0.717, 1.165) is 26.2 Å². The van der Waals surface area contributed by atoms with Gasteiger partial charge in [-0.1, -0.05) is 13.8 Å². The highest BCUT2D eigenvalue weighted by atomic mass is 15.2. The third kappa shape index (κ3) is 4.96. The minimum atomic E-state index is 0.516. The second kappa shape index (κ2) is 6.91. The monoisotopic (exact) mass is 172 g/mol. The van der Waals surface area contributed by atoms with E-state index in [9.17, 15) is 0 Å². The van der Waals surface area contributed by atoms with Crippen molar-refractivity contribution in [3.05, 3.63) is 0 Å². The van der Waals surface area contributed by atoms with Crippen LogP contribution in [-0.4, -0.2) is 44.1 Å². The van der Waals surface area contributed by atoms with Crippen molar-refractivity contribution in [2.75, 3.05) is 33.2 Å². The number of rotatable bonds is 5. The van der Waals surface area contributed by atoms with Crippen LogP contribution in [0.5, 0.6) is 0 Å². The highest BCUT2D eigenvalue weighted by molar-refractivity contribution is 5.77. The summed E-state index contributed by atoms with van der Waals surface area (Å²) >= 11 is 0. The first-order valence-electron chi connectivity index (χ1n) is 4.43. The first-order valence-corrected chi connectivity index (χ1v) is 4.43. The summed E-state index contributed by atoms with van der Waals surface area (Å²) in [5.74, 6) is 0.516. The Labute approximate surface area is 74.8 Å². The van der Waals surface area contributed by atoms with Gasteiger partial charge in [0.25, 0.3) is 0 Å². The lowest BCUT2D eigenvalue weighted by atomic mass is 10.4. The lowest BCUT2D eigenvalue weighted by Crippen LogP contribution is -2.38. The number of guanidine groups is 1. The Morgan fingerprint density at radius 1 is 1.42 bits per heavy atom. The highest BCUT2D eigenvalue weighted by Crippen LogP contribution is 1.83. The third-order valence-corrected chi connectivity index (χ3v) is 1.87. The van der Waals surface area contributed by atoms with Gasteiger partial charge in [-0.2, -0.15) is 0 Å². The Morgan fingerprint density at radius 3 is 2.42 bits per heavy atom.